The Hall–Kier alpha value is -4.64. The number of nitrogens with zero attached hydrogens (tertiary/aromatic N) is 5. The van der Waals surface area contributed by atoms with Gasteiger partial charge in [-0.15, -0.1) is 0 Å². The van der Waals surface area contributed by atoms with Gasteiger partial charge in [0, 0.05) is 53.5 Å². The molecule has 0 spiro atoms. The largest absolute Gasteiger partial charge is 0.493 e. The quantitative estimate of drug-likeness (QED) is 0.109. The van der Waals surface area contributed by atoms with Crippen LogP contribution in [0.1, 0.15) is 135 Å². The molecule has 426 valence electrons. The lowest BCUT2D eigenvalue weighted by atomic mass is 9.72. The van der Waals surface area contributed by atoms with E-state index in [0.717, 1.165) is 74.2 Å². The van der Waals surface area contributed by atoms with Crippen LogP contribution in [0.15, 0.2) is 24.3 Å². The van der Waals surface area contributed by atoms with Gasteiger partial charge in [-0.05, 0) is 129 Å². The summed E-state index contributed by atoms with van der Waals surface area (Å²) in [5.41, 5.74) is 4.85. The number of methoxy groups -OCH3 is 6. The summed E-state index contributed by atoms with van der Waals surface area (Å²) in [7, 11) is 15.5. The monoisotopic (exact) mass is 1060 g/mol. The Kier molecular flexibility index (Phi) is 21.4. The molecule has 12 atom stereocenters. The van der Waals surface area contributed by atoms with Crippen LogP contribution in [0.2, 0.25) is 0 Å². The van der Waals surface area contributed by atoms with Crippen molar-refractivity contribution in [2.75, 3.05) is 90.0 Å². The number of benzene rings is 2. The van der Waals surface area contributed by atoms with Gasteiger partial charge >= 0.3 is 0 Å². The fourth-order valence-electron chi connectivity index (χ4n) is 13.8. The zero-order valence-electron chi connectivity index (χ0n) is 49.4. The summed E-state index contributed by atoms with van der Waals surface area (Å²) in [6.45, 7) is 19.3. The van der Waals surface area contributed by atoms with E-state index in [4.69, 9.17) is 28.4 Å². The van der Waals surface area contributed by atoms with Crippen LogP contribution in [0.3, 0.4) is 0 Å². The van der Waals surface area contributed by atoms with E-state index in [-0.39, 0.29) is 65.9 Å². The maximum Gasteiger partial charge on any atom is 0.245 e. The molecule has 16 heteroatoms. The van der Waals surface area contributed by atoms with Crippen LogP contribution in [0.4, 0.5) is 0 Å². The van der Waals surface area contributed by atoms with Crippen molar-refractivity contribution in [2.45, 2.75) is 162 Å². The molecule has 0 bridgehead atoms. The van der Waals surface area contributed by atoms with Gasteiger partial charge in [-0.2, -0.15) is 0 Å². The number of nitrogens with one attached hydrogen (secondary N) is 1. The summed E-state index contributed by atoms with van der Waals surface area (Å²) in [6, 6.07) is 6.50. The van der Waals surface area contributed by atoms with Crippen molar-refractivity contribution in [2.24, 2.45) is 35.5 Å². The summed E-state index contributed by atoms with van der Waals surface area (Å²) in [5.74, 6) is 2.27. The van der Waals surface area contributed by atoms with Crippen molar-refractivity contribution in [1.82, 2.24) is 29.8 Å². The van der Waals surface area contributed by atoms with Crippen LogP contribution in [0, 0.1) is 35.5 Å². The minimum absolute atomic E-state index is 0.00532. The predicted molar refractivity (Wildman–Crippen MR) is 297 cm³/mol. The second-order valence-corrected chi connectivity index (χ2v) is 23.2. The maximum atomic E-state index is 15.5. The van der Waals surface area contributed by atoms with Crippen molar-refractivity contribution in [3.8, 4) is 23.0 Å². The average Bonchev–Trinajstić information content (AvgIpc) is 3.92. The molecule has 0 saturated carbocycles. The van der Waals surface area contributed by atoms with Crippen molar-refractivity contribution >= 4 is 23.6 Å². The first-order chi connectivity index (χ1) is 36.2. The Balaban J connectivity index is 1.26. The van der Waals surface area contributed by atoms with E-state index >= 15 is 4.79 Å². The van der Waals surface area contributed by atoms with E-state index in [9.17, 15) is 14.4 Å². The first-order valence-corrected chi connectivity index (χ1v) is 28.4. The molecule has 6 rings (SSSR count). The molecule has 2 aromatic carbocycles. The summed E-state index contributed by atoms with van der Waals surface area (Å²) >= 11 is 0. The first-order valence-electron chi connectivity index (χ1n) is 28.4. The van der Waals surface area contributed by atoms with E-state index in [1.807, 2.05) is 58.5 Å². The molecule has 0 radical (unpaired) electrons. The molecule has 1 N–H and O–H groups in total. The molecule has 76 heavy (non-hydrogen) atoms. The maximum absolute atomic E-state index is 15.5. The highest BCUT2D eigenvalue weighted by molar-refractivity contribution is 5.90. The summed E-state index contributed by atoms with van der Waals surface area (Å²) in [6.07, 6.45) is 5.39. The normalized spacial score (nSPS) is 23.4. The summed E-state index contributed by atoms with van der Waals surface area (Å²) < 4.78 is 35.9. The number of ether oxygens (including phenoxy) is 6. The Morgan fingerprint density at radius 3 is 1.86 bits per heavy atom. The van der Waals surface area contributed by atoms with E-state index in [1.54, 1.807) is 54.6 Å². The van der Waals surface area contributed by atoms with Crippen LogP contribution in [-0.2, 0) is 41.5 Å². The zero-order chi connectivity index (χ0) is 55.9. The zero-order valence-corrected chi connectivity index (χ0v) is 49.4. The molecular weight excluding hydrogens is 965 g/mol. The third kappa shape index (κ3) is 12.8. The molecule has 2 aromatic rings. The second kappa shape index (κ2) is 26.8. The summed E-state index contributed by atoms with van der Waals surface area (Å²) in [5, 5.41) is 3.09. The molecule has 2 saturated heterocycles. The molecular formula is C60H96N6O10. The predicted octanol–water partition coefficient (Wildman–Crippen LogP) is 7.83. The minimum atomic E-state index is -0.772. The van der Waals surface area contributed by atoms with Crippen LogP contribution in [0.5, 0.6) is 23.0 Å². The van der Waals surface area contributed by atoms with Crippen molar-refractivity contribution in [3.63, 3.8) is 0 Å². The molecule has 4 heterocycles. The Morgan fingerprint density at radius 1 is 0.724 bits per heavy atom. The summed E-state index contributed by atoms with van der Waals surface area (Å²) in [4.78, 5) is 68.9. The number of hydrogen-bond donors (Lipinski definition) is 1. The van der Waals surface area contributed by atoms with E-state index in [1.165, 1.54) is 11.1 Å². The average molecular weight is 1060 g/mol. The Labute approximate surface area is 456 Å². The van der Waals surface area contributed by atoms with Gasteiger partial charge in [-0.3, -0.25) is 29.0 Å². The minimum Gasteiger partial charge on any atom is -0.493 e. The third-order valence-corrected chi connectivity index (χ3v) is 18.0. The van der Waals surface area contributed by atoms with Crippen molar-refractivity contribution in [3.05, 3.63) is 46.5 Å². The molecule has 4 aliphatic heterocycles. The molecule has 0 aromatic heterocycles. The van der Waals surface area contributed by atoms with Gasteiger partial charge < -0.3 is 48.4 Å². The highest BCUT2D eigenvalue weighted by Crippen LogP contribution is 2.50. The molecule has 16 nitrogen and oxygen atoms in total. The number of hydrogen-bond acceptors (Lipinski definition) is 12. The number of likely N-dealkylation sites (tertiary alicyclic amines) is 1. The lowest BCUT2D eigenvalue weighted by Crippen LogP contribution is -2.59. The highest BCUT2D eigenvalue weighted by Gasteiger charge is 2.47. The van der Waals surface area contributed by atoms with Gasteiger partial charge in [0.25, 0.3) is 0 Å². The molecule has 0 aliphatic carbocycles. The lowest BCUT2D eigenvalue weighted by molar-refractivity contribution is -0.150. The number of likely N-dealkylation sites (N-methyl/N-ethyl adjacent to an activating group) is 2. The third-order valence-electron chi connectivity index (χ3n) is 18.0. The fraction of sp³-hybridized carbons (Fsp3) is 0.733. The second-order valence-electron chi connectivity index (χ2n) is 23.2. The van der Waals surface area contributed by atoms with Crippen LogP contribution in [-0.4, -0.2) is 174 Å². The fourth-order valence-corrected chi connectivity index (χ4v) is 13.8. The molecule has 2 fully saturated rings. The van der Waals surface area contributed by atoms with Crippen molar-refractivity contribution < 1.29 is 47.6 Å². The standard InChI is InChI=1S/C60H96N6O10/c1-18-37(7)56(63(11)60(70)54(35(3)4)61-58(68)55(36(5)6)62(9)10)52(75-16)33-53(67)65-24-20-21-45(65)57(76-17)38(8)59(69)66-26-23-41-30-49(72-13)51(74-15)32-44(41)47(66)28-42-27-46-43-31-50(73-14)48(71-12)29-40(43)22-25-64(46)34-39(42)19-2/h29-32,35-39,42,45-47,52,54-57H,18-28,33-34H2,1-17H3,(H,61,68)/t37-,38+,39-,42+,45?,46?,47+,52+,54-,55?,56-,57+/m0/s1. The van der Waals surface area contributed by atoms with Gasteiger partial charge in [0.05, 0.1) is 77.2 Å². The smallest absolute Gasteiger partial charge is 0.245 e. The van der Waals surface area contributed by atoms with Crippen LogP contribution >= 0.6 is 0 Å². The van der Waals surface area contributed by atoms with Crippen LogP contribution in [0.25, 0.3) is 0 Å². The van der Waals surface area contributed by atoms with Gasteiger partial charge in [-0.25, -0.2) is 0 Å². The topological polar surface area (TPSA) is 152 Å². The van der Waals surface area contributed by atoms with Gasteiger partial charge in [0.15, 0.2) is 23.0 Å². The van der Waals surface area contributed by atoms with Gasteiger partial charge in [0.2, 0.25) is 23.6 Å². The number of rotatable bonds is 24. The number of fused-ring (bicyclic) bond motifs is 4. The van der Waals surface area contributed by atoms with Crippen molar-refractivity contribution in [1.29, 1.82) is 0 Å². The molecule has 4 aliphatic rings. The number of amides is 4. The number of carbonyl (C=O) groups is 4. The van der Waals surface area contributed by atoms with Gasteiger partial charge in [0.1, 0.15) is 6.04 Å². The molecule has 4 amide bonds. The van der Waals surface area contributed by atoms with E-state index < -0.39 is 36.3 Å². The van der Waals surface area contributed by atoms with Gasteiger partial charge in [-0.1, -0.05) is 68.2 Å². The van der Waals surface area contributed by atoms with E-state index in [2.05, 4.69) is 60.2 Å². The SMILES string of the molecule is CC[C@H]1CN2CCc3cc(OC)c(OC)cc3C2C[C@@H]1C[C@@H]1c2cc(OC)c(OC)cc2CCN1C(=O)[C@H](C)[C@@H](OC)C1CCCN1C(=O)C[C@@H](OC)[C@H]([C@@H](C)CC)N(C)C(=O)[C@@H](NC(=O)C(C(C)C)N(C)C)C(C)C. The number of piperidine rings is 1. The Morgan fingerprint density at radius 2 is 1.32 bits per heavy atom. The van der Waals surface area contributed by atoms with Crippen LogP contribution < -0.4 is 24.3 Å². The lowest BCUT2D eigenvalue weighted by Gasteiger charge is -2.49. The molecule has 3 unspecified atom stereocenters. The highest BCUT2D eigenvalue weighted by atomic mass is 16.5. The van der Waals surface area contributed by atoms with E-state index in [0.29, 0.717) is 49.3 Å². The first kappa shape index (κ1) is 60.6. The Bertz CT molecular complexity index is 2280. The number of carbonyl (C=O) groups excluding carboxylic acids is 4.